The van der Waals surface area contributed by atoms with E-state index in [0.717, 1.165) is 6.20 Å². The average Bonchev–Trinajstić information content (AvgIpc) is 3.24. The van der Waals surface area contributed by atoms with Gasteiger partial charge in [-0.15, -0.1) is 0 Å². The summed E-state index contributed by atoms with van der Waals surface area (Å²) >= 11 is 0. The van der Waals surface area contributed by atoms with Gasteiger partial charge in [-0.1, -0.05) is 6.92 Å². The molecule has 4 aromatic rings. The van der Waals surface area contributed by atoms with E-state index in [0.29, 0.717) is 34.2 Å². The number of aryl methyl sites for hydroxylation is 1. The number of pyridine rings is 3. The van der Waals surface area contributed by atoms with Gasteiger partial charge in [0.05, 0.1) is 17.3 Å². The van der Waals surface area contributed by atoms with E-state index in [-0.39, 0.29) is 17.0 Å². The van der Waals surface area contributed by atoms with Crippen molar-refractivity contribution in [3.05, 3.63) is 53.7 Å². The van der Waals surface area contributed by atoms with E-state index in [1.165, 1.54) is 22.9 Å². The van der Waals surface area contributed by atoms with Crippen LogP contribution in [0.5, 0.6) is 0 Å². The van der Waals surface area contributed by atoms with Crippen LogP contribution in [0.2, 0.25) is 0 Å². The Morgan fingerprint density at radius 2 is 1.94 bits per heavy atom. The summed E-state index contributed by atoms with van der Waals surface area (Å²) in [5.74, 6) is -5.49. The van der Waals surface area contributed by atoms with E-state index >= 15 is 0 Å². The summed E-state index contributed by atoms with van der Waals surface area (Å²) in [6, 6.07) is 4.59. The number of carbonyl (C=O) groups is 1. The number of nitrogens with one attached hydrogen (secondary N) is 1. The second-order valence-corrected chi connectivity index (χ2v) is 8.86. The summed E-state index contributed by atoms with van der Waals surface area (Å²) in [4.78, 5) is 24.3. The summed E-state index contributed by atoms with van der Waals surface area (Å²) in [6.07, 6.45) is -1.96. The maximum absolute atomic E-state index is 13.6. The van der Waals surface area contributed by atoms with Crippen LogP contribution < -0.4 is 5.32 Å². The number of hydrogen-bond donors (Lipinski definition) is 2. The van der Waals surface area contributed by atoms with Gasteiger partial charge < -0.3 is 10.4 Å². The molecule has 0 aromatic carbocycles. The van der Waals surface area contributed by atoms with E-state index in [1.54, 1.807) is 26.0 Å². The first-order valence-corrected chi connectivity index (χ1v) is 11.1. The van der Waals surface area contributed by atoms with Crippen LogP contribution in [0, 0.1) is 12.8 Å². The summed E-state index contributed by atoms with van der Waals surface area (Å²) in [7, 11) is 0. The third-order valence-electron chi connectivity index (χ3n) is 6.25. The van der Waals surface area contributed by atoms with Crippen LogP contribution >= 0.6 is 0 Å². The van der Waals surface area contributed by atoms with Gasteiger partial charge in [0.2, 0.25) is 5.91 Å². The second-order valence-electron chi connectivity index (χ2n) is 8.86. The lowest BCUT2D eigenvalue weighted by Gasteiger charge is -2.14. The number of aliphatic hydroxyl groups is 1. The molecule has 1 amide bonds. The fourth-order valence-electron chi connectivity index (χ4n) is 4.11. The van der Waals surface area contributed by atoms with Gasteiger partial charge >= 0.3 is 6.18 Å². The lowest BCUT2D eigenvalue weighted by molar-refractivity contribution is -0.140. The SMILES string of the molecule is CCC(O)c1cc(C)c(-c2cc3cnc(NC(=O)C4CC4(F)F)cc3n3cc(C(F)(F)F)nc23)cn1. The molecule has 1 aliphatic rings. The number of amides is 1. The standard InChI is InChI=1S/C24H20F5N5O2/c1-3-18(35)16-4-11(2)14(9-30-16)13-5-12-8-31-20(33-22(36)15-7-23(15,25)26)6-17(12)34-10-19(24(27,28)29)32-21(13)34/h4-6,8-10,15,18,35H,3,7H2,1-2H3,(H,31,33,36). The number of hydrogen-bond acceptors (Lipinski definition) is 5. The van der Waals surface area contributed by atoms with Crippen molar-refractivity contribution >= 4 is 28.3 Å². The molecule has 5 rings (SSSR count). The largest absolute Gasteiger partial charge is 0.434 e. The van der Waals surface area contributed by atoms with Crippen molar-refractivity contribution in [3.8, 4) is 11.1 Å². The molecule has 4 aromatic heterocycles. The van der Waals surface area contributed by atoms with Crippen molar-refractivity contribution in [1.29, 1.82) is 0 Å². The third-order valence-corrected chi connectivity index (χ3v) is 6.25. The Morgan fingerprint density at radius 1 is 1.22 bits per heavy atom. The molecule has 36 heavy (non-hydrogen) atoms. The quantitative estimate of drug-likeness (QED) is 0.359. The summed E-state index contributed by atoms with van der Waals surface area (Å²) < 4.78 is 68.4. The Hall–Kier alpha value is -3.67. The monoisotopic (exact) mass is 505 g/mol. The number of aliphatic hydroxyl groups excluding tert-OH is 1. The van der Waals surface area contributed by atoms with Crippen LogP contribution in [0.4, 0.5) is 27.8 Å². The van der Waals surface area contributed by atoms with Crippen LogP contribution in [0.15, 0.2) is 36.8 Å². The van der Waals surface area contributed by atoms with Crippen LogP contribution in [0.1, 0.15) is 42.8 Å². The first-order chi connectivity index (χ1) is 16.9. The molecule has 0 aliphatic heterocycles. The number of rotatable bonds is 5. The Kier molecular flexibility index (Phi) is 5.47. The molecule has 0 saturated heterocycles. The van der Waals surface area contributed by atoms with Gasteiger partial charge in [0, 0.05) is 47.6 Å². The molecule has 2 N–H and O–H groups in total. The maximum atomic E-state index is 13.6. The van der Waals surface area contributed by atoms with Gasteiger partial charge in [0.1, 0.15) is 17.4 Å². The van der Waals surface area contributed by atoms with Gasteiger partial charge in [-0.25, -0.2) is 18.7 Å². The molecule has 188 valence electrons. The fourth-order valence-corrected chi connectivity index (χ4v) is 4.11. The Morgan fingerprint density at radius 3 is 2.56 bits per heavy atom. The molecule has 4 heterocycles. The second kappa shape index (κ2) is 8.19. The number of halogens is 5. The van der Waals surface area contributed by atoms with Crippen LogP contribution in [0.25, 0.3) is 27.7 Å². The van der Waals surface area contributed by atoms with Crippen molar-refractivity contribution in [2.75, 3.05) is 5.32 Å². The van der Waals surface area contributed by atoms with Crippen molar-refractivity contribution < 1.29 is 31.9 Å². The molecule has 2 atom stereocenters. The Bertz CT molecular complexity index is 1510. The van der Waals surface area contributed by atoms with Crippen molar-refractivity contribution in [2.45, 2.75) is 44.9 Å². The Labute approximate surface area is 201 Å². The van der Waals surface area contributed by atoms with Gasteiger partial charge in [0.15, 0.2) is 5.69 Å². The molecule has 1 aliphatic carbocycles. The number of fused-ring (bicyclic) bond motifs is 3. The molecule has 0 radical (unpaired) electrons. The highest BCUT2D eigenvalue weighted by Crippen LogP contribution is 2.49. The number of aromatic nitrogens is 4. The molecule has 0 bridgehead atoms. The van der Waals surface area contributed by atoms with Crippen LogP contribution in [0.3, 0.4) is 0 Å². The number of nitrogens with zero attached hydrogens (tertiary/aromatic N) is 4. The first kappa shape index (κ1) is 24.0. The molecule has 0 spiro atoms. The van der Waals surface area contributed by atoms with E-state index in [9.17, 15) is 31.9 Å². The lowest BCUT2D eigenvalue weighted by Crippen LogP contribution is -2.18. The van der Waals surface area contributed by atoms with Gasteiger partial charge in [-0.3, -0.25) is 14.2 Å². The van der Waals surface area contributed by atoms with Gasteiger partial charge in [-0.2, -0.15) is 13.2 Å². The number of anilines is 1. The van der Waals surface area contributed by atoms with E-state index in [4.69, 9.17) is 0 Å². The summed E-state index contributed by atoms with van der Waals surface area (Å²) in [5, 5.41) is 12.8. The van der Waals surface area contributed by atoms with Crippen LogP contribution in [-0.4, -0.2) is 36.3 Å². The lowest BCUT2D eigenvalue weighted by atomic mass is 10.0. The molecular formula is C24H20F5N5O2. The first-order valence-electron chi connectivity index (χ1n) is 11.1. The van der Waals surface area contributed by atoms with Crippen molar-refractivity contribution in [2.24, 2.45) is 5.92 Å². The van der Waals surface area contributed by atoms with E-state index in [2.05, 4.69) is 20.3 Å². The average molecular weight is 505 g/mol. The number of imidazole rings is 1. The van der Waals surface area contributed by atoms with E-state index < -0.39 is 42.1 Å². The predicted octanol–water partition coefficient (Wildman–Crippen LogP) is 5.31. The molecular weight excluding hydrogens is 485 g/mol. The zero-order chi connectivity index (χ0) is 26.0. The highest BCUT2D eigenvalue weighted by molar-refractivity contribution is 5.97. The summed E-state index contributed by atoms with van der Waals surface area (Å²) in [5.41, 5.74) is 1.10. The van der Waals surface area contributed by atoms with Gasteiger partial charge in [0.25, 0.3) is 5.92 Å². The minimum atomic E-state index is -4.72. The Balaban J connectivity index is 1.66. The number of carbonyl (C=O) groups excluding carboxylic acids is 1. The predicted molar refractivity (Wildman–Crippen MR) is 120 cm³/mol. The minimum Gasteiger partial charge on any atom is -0.387 e. The third kappa shape index (κ3) is 4.15. The maximum Gasteiger partial charge on any atom is 0.434 e. The van der Waals surface area contributed by atoms with Crippen molar-refractivity contribution in [1.82, 2.24) is 19.4 Å². The van der Waals surface area contributed by atoms with Crippen LogP contribution in [-0.2, 0) is 11.0 Å². The molecule has 7 nitrogen and oxygen atoms in total. The summed E-state index contributed by atoms with van der Waals surface area (Å²) in [6.45, 7) is 3.55. The molecule has 1 saturated carbocycles. The number of alkyl halides is 5. The van der Waals surface area contributed by atoms with Gasteiger partial charge in [-0.05, 0) is 31.0 Å². The molecule has 1 fully saturated rings. The van der Waals surface area contributed by atoms with E-state index in [1.807, 2.05) is 0 Å². The molecule has 2 unspecified atom stereocenters. The van der Waals surface area contributed by atoms with Crippen molar-refractivity contribution in [3.63, 3.8) is 0 Å². The zero-order valence-electron chi connectivity index (χ0n) is 19.1. The fraction of sp³-hybridized carbons (Fsp3) is 0.333. The molecule has 12 heteroatoms. The normalized spacial score (nSPS) is 17.9. The zero-order valence-corrected chi connectivity index (χ0v) is 19.1. The highest BCUT2D eigenvalue weighted by atomic mass is 19.4. The highest BCUT2D eigenvalue weighted by Gasteiger charge is 2.61. The topological polar surface area (TPSA) is 92.4 Å². The smallest absolute Gasteiger partial charge is 0.387 e. The minimum absolute atomic E-state index is 0.0132.